The normalized spacial score (nSPS) is 27.3. The van der Waals surface area contributed by atoms with Gasteiger partial charge in [0, 0.05) is 19.0 Å². The fourth-order valence-electron chi connectivity index (χ4n) is 6.11. The van der Waals surface area contributed by atoms with Crippen molar-refractivity contribution in [3.05, 3.63) is 71.8 Å². The number of amides is 1. The average Bonchev–Trinajstić information content (AvgIpc) is 3.54. The van der Waals surface area contributed by atoms with Crippen LogP contribution in [0.4, 0.5) is 0 Å². The molecule has 2 aromatic carbocycles. The molecule has 0 bridgehead atoms. The number of likely N-dealkylation sites (tertiary alicyclic amines) is 1. The van der Waals surface area contributed by atoms with Gasteiger partial charge in [0.25, 0.3) is 0 Å². The van der Waals surface area contributed by atoms with E-state index in [0.29, 0.717) is 23.7 Å². The number of hydrogen-bond acceptors (Lipinski definition) is 2. The Morgan fingerprint density at radius 1 is 0.793 bits per heavy atom. The van der Waals surface area contributed by atoms with Crippen LogP contribution in [-0.4, -0.2) is 29.0 Å². The van der Waals surface area contributed by atoms with Crippen molar-refractivity contribution in [2.75, 3.05) is 13.1 Å². The molecule has 0 radical (unpaired) electrons. The van der Waals surface area contributed by atoms with E-state index in [4.69, 9.17) is 0 Å². The molecule has 3 fully saturated rings. The molecule has 1 heterocycles. The van der Waals surface area contributed by atoms with Gasteiger partial charge < -0.3 is 10.0 Å². The van der Waals surface area contributed by atoms with Crippen LogP contribution >= 0.6 is 0 Å². The highest BCUT2D eigenvalue weighted by Crippen LogP contribution is 2.56. The summed E-state index contributed by atoms with van der Waals surface area (Å²) in [5.41, 5.74) is 0.888. The Morgan fingerprint density at radius 2 is 1.28 bits per heavy atom. The van der Waals surface area contributed by atoms with Crippen LogP contribution < -0.4 is 0 Å². The maximum absolute atomic E-state index is 13.1. The van der Waals surface area contributed by atoms with Crippen LogP contribution in [0.3, 0.4) is 0 Å². The minimum atomic E-state index is -1.01. The summed E-state index contributed by atoms with van der Waals surface area (Å²) in [4.78, 5) is 15.2. The Bertz CT molecular complexity index is 790. The largest absolute Gasteiger partial charge is 0.380 e. The molecule has 2 aliphatic carbocycles. The van der Waals surface area contributed by atoms with Gasteiger partial charge in [-0.15, -0.1) is 0 Å². The van der Waals surface area contributed by atoms with Crippen LogP contribution in [0.2, 0.25) is 0 Å². The van der Waals surface area contributed by atoms with Crippen molar-refractivity contribution in [3.8, 4) is 0 Å². The molecule has 3 heteroatoms. The van der Waals surface area contributed by atoms with E-state index in [9.17, 15) is 9.90 Å². The first-order chi connectivity index (χ1) is 14.2. The second kappa shape index (κ2) is 7.60. The van der Waals surface area contributed by atoms with Crippen LogP contribution in [-0.2, 0) is 10.4 Å². The SMILES string of the molecule is O=C(C1C2CCCCC21)N1CCC(C(O)(c2ccccc2)c2ccccc2)CC1. The lowest BCUT2D eigenvalue weighted by atomic mass is 9.72. The third-order valence-corrected chi connectivity index (χ3v) is 7.77. The lowest BCUT2D eigenvalue weighted by Crippen LogP contribution is -2.46. The number of hydrogen-bond donors (Lipinski definition) is 1. The van der Waals surface area contributed by atoms with Crippen molar-refractivity contribution >= 4 is 5.91 Å². The van der Waals surface area contributed by atoms with Crippen molar-refractivity contribution < 1.29 is 9.90 Å². The van der Waals surface area contributed by atoms with Crippen molar-refractivity contribution in [1.29, 1.82) is 0 Å². The zero-order chi connectivity index (χ0) is 19.8. The van der Waals surface area contributed by atoms with Crippen LogP contribution in [0.15, 0.2) is 60.7 Å². The number of carbonyl (C=O) groups excluding carboxylic acids is 1. The number of carbonyl (C=O) groups is 1. The highest BCUT2D eigenvalue weighted by atomic mass is 16.3. The Labute approximate surface area is 173 Å². The fourth-order valence-corrected chi connectivity index (χ4v) is 6.11. The molecule has 29 heavy (non-hydrogen) atoms. The van der Waals surface area contributed by atoms with Gasteiger partial charge in [0.15, 0.2) is 0 Å². The van der Waals surface area contributed by atoms with E-state index in [-0.39, 0.29) is 5.92 Å². The second-order valence-corrected chi connectivity index (χ2v) is 9.24. The second-order valence-electron chi connectivity index (χ2n) is 9.24. The van der Waals surface area contributed by atoms with Gasteiger partial charge in [-0.25, -0.2) is 0 Å². The van der Waals surface area contributed by atoms with Gasteiger partial charge in [0.2, 0.25) is 5.91 Å². The van der Waals surface area contributed by atoms with E-state index < -0.39 is 5.60 Å². The molecule has 2 aromatic rings. The first-order valence-electron chi connectivity index (χ1n) is 11.3. The quantitative estimate of drug-likeness (QED) is 0.830. The number of nitrogens with zero attached hydrogens (tertiary/aromatic N) is 1. The lowest BCUT2D eigenvalue weighted by Gasteiger charge is -2.42. The summed E-state index contributed by atoms with van der Waals surface area (Å²) in [6.45, 7) is 1.53. The molecule has 2 atom stereocenters. The lowest BCUT2D eigenvalue weighted by molar-refractivity contribution is -0.136. The standard InChI is InChI=1S/C26H31NO2/c28-25(24-22-13-7-8-14-23(22)24)27-17-15-21(16-18-27)26(29,19-9-3-1-4-10-19)20-11-5-2-6-12-20/h1-6,9-12,21-24,29H,7-8,13-18H2. The summed E-state index contributed by atoms with van der Waals surface area (Å²) in [5.74, 6) is 2.14. The van der Waals surface area contributed by atoms with E-state index in [1.54, 1.807) is 0 Å². The zero-order valence-electron chi connectivity index (χ0n) is 17.0. The van der Waals surface area contributed by atoms with Crippen molar-refractivity contribution in [1.82, 2.24) is 4.90 Å². The molecule has 0 spiro atoms. The predicted molar refractivity (Wildman–Crippen MR) is 114 cm³/mol. The van der Waals surface area contributed by atoms with E-state index in [2.05, 4.69) is 4.90 Å². The number of fused-ring (bicyclic) bond motifs is 1. The van der Waals surface area contributed by atoms with Crippen LogP contribution in [0.25, 0.3) is 0 Å². The molecule has 3 nitrogen and oxygen atoms in total. The molecular weight excluding hydrogens is 358 g/mol. The van der Waals surface area contributed by atoms with Gasteiger partial charge in [-0.2, -0.15) is 0 Å². The highest BCUT2D eigenvalue weighted by Gasteiger charge is 2.56. The van der Waals surface area contributed by atoms with E-state index in [0.717, 1.165) is 37.1 Å². The monoisotopic (exact) mass is 389 g/mol. The van der Waals surface area contributed by atoms with Crippen LogP contribution in [0.5, 0.6) is 0 Å². The van der Waals surface area contributed by atoms with Gasteiger partial charge in [0.05, 0.1) is 0 Å². The Morgan fingerprint density at radius 3 is 1.76 bits per heavy atom. The summed E-state index contributed by atoms with van der Waals surface area (Å²) in [6.07, 6.45) is 6.78. The summed E-state index contributed by atoms with van der Waals surface area (Å²) in [5, 5.41) is 12.0. The first-order valence-corrected chi connectivity index (χ1v) is 11.3. The summed E-state index contributed by atoms with van der Waals surface area (Å²) < 4.78 is 0. The predicted octanol–water partition coefficient (Wildman–Crippen LogP) is 4.60. The van der Waals surface area contributed by atoms with E-state index >= 15 is 0 Å². The van der Waals surface area contributed by atoms with Crippen LogP contribution in [0, 0.1) is 23.7 Å². The van der Waals surface area contributed by atoms with Gasteiger partial charge in [-0.3, -0.25) is 4.79 Å². The molecule has 152 valence electrons. The van der Waals surface area contributed by atoms with Gasteiger partial charge in [-0.05, 0) is 54.6 Å². The molecule has 5 rings (SSSR count). The Balaban J connectivity index is 1.33. The van der Waals surface area contributed by atoms with E-state index in [1.807, 2.05) is 60.7 Å². The molecule has 1 amide bonds. The smallest absolute Gasteiger partial charge is 0.226 e. The van der Waals surface area contributed by atoms with Gasteiger partial charge >= 0.3 is 0 Å². The minimum Gasteiger partial charge on any atom is -0.380 e. The number of benzene rings is 2. The van der Waals surface area contributed by atoms with Crippen molar-refractivity contribution in [2.24, 2.45) is 23.7 Å². The third kappa shape index (κ3) is 3.30. The molecule has 1 saturated heterocycles. The summed E-state index contributed by atoms with van der Waals surface area (Å²) >= 11 is 0. The van der Waals surface area contributed by atoms with Crippen molar-refractivity contribution in [3.63, 3.8) is 0 Å². The fraction of sp³-hybridized carbons (Fsp3) is 0.500. The maximum atomic E-state index is 13.1. The Hall–Kier alpha value is -2.13. The van der Waals surface area contributed by atoms with E-state index in [1.165, 1.54) is 25.7 Å². The number of aliphatic hydroxyl groups is 1. The molecular formula is C26H31NO2. The molecule has 2 saturated carbocycles. The number of rotatable bonds is 4. The van der Waals surface area contributed by atoms with Gasteiger partial charge in [-0.1, -0.05) is 73.5 Å². The number of piperidine rings is 1. The molecule has 0 aromatic heterocycles. The molecule has 1 N–H and O–H groups in total. The maximum Gasteiger partial charge on any atom is 0.226 e. The summed E-state index contributed by atoms with van der Waals surface area (Å²) in [7, 11) is 0. The average molecular weight is 390 g/mol. The highest BCUT2D eigenvalue weighted by molar-refractivity contribution is 5.82. The topological polar surface area (TPSA) is 40.5 Å². The van der Waals surface area contributed by atoms with Gasteiger partial charge in [0.1, 0.15) is 5.60 Å². The zero-order valence-corrected chi connectivity index (χ0v) is 17.0. The van der Waals surface area contributed by atoms with Crippen molar-refractivity contribution in [2.45, 2.75) is 44.1 Å². The third-order valence-electron chi connectivity index (χ3n) is 7.77. The summed E-state index contributed by atoms with van der Waals surface area (Å²) in [6, 6.07) is 20.1. The molecule has 3 aliphatic rings. The van der Waals surface area contributed by atoms with Crippen LogP contribution in [0.1, 0.15) is 49.7 Å². The first kappa shape index (κ1) is 18.9. The molecule has 2 unspecified atom stereocenters. The minimum absolute atomic E-state index is 0.109. The molecule has 1 aliphatic heterocycles. The Kier molecular flexibility index (Phi) is 4.95.